The van der Waals surface area contributed by atoms with E-state index >= 15 is 0 Å². The van der Waals surface area contributed by atoms with Crippen molar-refractivity contribution in [3.05, 3.63) is 12.4 Å². The highest BCUT2D eigenvalue weighted by molar-refractivity contribution is 7.99. The van der Waals surface area contributed by atoms with Gasteiger partial charge in [0.2, 0.25) is 17.1 Å². The first-order valence-electron chi connectivity index (χ1n) is 5.91. The lowest BCUT2D eigenvalue weighted by molar-refractivity contribution is 0.782. The zero-order valence-electron chi connectivity index (χ0n) is 10.8. The number of nitrogens with two attached hydrogens (primary N) is 1. The highest BCUT2D eigenvalue weighted by Gasteiger charge is 2.12. The summed E-state index contributed by atoms with van der Waals surface area (Å²) in [5.41, 5.74) is 2.46. The smallest absolute Gasteiger partial charge is 0.242 e. The van der Waals surface area contributed by atoms with Gasteiger partial charge in [-0.05, 0) is 25.6 Å². The molecule has 0 radical (unpaired) electrons. The lowest BCUT2D eigenvalue weighted by atomic mass is 10.5. The van der Waals surface area contributed by atoms with Crippen LogP contribution in [0.2, 0.25) is 0 Å². The number of nitrogen functional groups attached to an aromatic ring is 1. The number of hydrazine groups is 1. The fourth-order valence-corrected chi connectivity index (χ4v) is 2.17. The predicted molar refractivity (Wildman–Crippen MR) is 73.9 cm³/mol. The Kier molecular flexibility index (Phi) is 4.53. The molecule has 2 heterocycles. The third kappa shape index (κ3) is 3.32. The minimum atomic E-state index is 0.339. The van der Waals surface area contributed by atoms with Crippen molar-refractivity contribution in [2.75, 3.05) is 23.4 Å². The average molecular weight is 280 g/mol. The molecule has 0 fully saturated rings. The average Bonchev–Trinajstić information content (AvgIpc) is 2.93. The van der Waals surface area contributed by atoms with Crippen LogP contribution < -0.4 is 16.2 Å². The first-order chi connectivity index (χ1) is 9.26. The van der Waals surface area contributed by atoms with E-state index in [2.05, 4.69) is 30.3 Å². The molecule has 0 aliphatic rings. The van der Waals surface area contributed by atoms with Crippen LogP contribution in [0.4, 0.5) is 11.9 Å². The van der Waals surface area contributed by atoms with Crippen LogP contribution in [-0.4, -0.2) is 38.0 Å². The van der Waals surface area contributed by atoms with Crippen molar-refractivity contribution in [1.29, 1.82) is 0 Å². The molecule has 0 aliphatic heterocycles. The van der Waals surface area contributed by atoms with Crippen molar-refractivity contribution in [2.24, 2.45) is 5.84 Å². The van der Waals surface area contributed by atoms with Crippen LogP contribution in [-0.2, 0) is 0 Å². The highest BCUT2D eigenvalue weighted by Crippen LogP contribution is 2.23. The lowest BCUT2D eigenvalue weighted by Crippen LogP contribution is -2.25. The fourth-order valence-electron chi connectivity index (χ4n) is 1.50. The molecule has 0 bridgehead atoms. The molecule has 0 saturated carbocycles. The van der Waals surface area contributed by atoms with E-state index in [1.54, 1.807) is 12.4 Å². The van der Waals surface area contributed by atoms with E-state index in [0.29, 0.717) is 17.1 Å². The lowest BCUT2D eigenvalue weighted by Gasteiger charge is -2.18. The number of imidazole rings is 1. The normalized spacial score (nSPS) is 10.5. The van der Waals surface area contributed by atoms with Crippen LogP contribution in [0.25, 0.3) is 0 Å². The SMILES string of the molecule is CCN(CC)c1nc(NN)nc(Sc2ncc[nH]2)n1. The third-order valence-electron chi connectivity index (χ3n) is 2.44. The molecule has 0 atom stereocenters. The van der Waals surface area contributed by atoms with Gasteiger partial charge in [0.05, 0.1) is 0 Å². The monoisotopic (exact) mass is 280 g/mol. The van der Waals surface area contributed by atoms with E-state index in [1.165, 1.54) is 11.8 Å². The Bertz CT molecular complexity index is 510. The molecule has 0 aliphatic carbocycles. The van der Waals surface area contributed by atoms with Crippen LogP contribution in [0.1, 0.15) is 13.8 Å². The van der Waals surface area contributed by atoms with Gasteiger partial charge in [0, 0.05) is 25.5 Å². The van der Waals surface area contributed by atoms with Gasteiger partial charge >= 0.3 is 0 Å². The largest absolute Gasteiger partial charge is 0.341 e. The maximum absolute atomic E-state index is 5.39. The molecule has 4 N–H and O–H groups in total. The molecule has 2 aromatic rings. The standard InChI is InChI=1S/C10H16N8S/c1-3-18(4-2)8-14-7(17-11)15-10(16-8)19-9-12-5-6-13-9/h5-6H,3-4,11H2,1-2H3,(H,12,13)(H,14,15,16,17). The molecule has 8 nitrogen and oxygen atoms in total. The van der Waals surface area contributed by atoms with Crippen molar-refractivity contribution >= 4 is 23.7 Å². The quantitative estimate of drug-likeness (QED) is 0.528. The van der Waals surface area contributed by atoms with Crippen molar-refractivity contribution in [3.8, 4) is 0 Å². The van der Waals surface area contributed by atoms with Crippen LogP contribution >= 0.6 is 11.8 Å². The van der Waals surface area contributed by atoms with Crippen LogP contribution in [0.15, 0.2) is 22.7 Å². The second kappa shape index (κ2) is 6.34. The van der Waals surface area contributed by atoms with Gasteiger partial charge in [0.1, 0.15) is 0 Å². The number of anilines is 2. The summed E-state index contributed by atoms with van der Waals surface area (Å²) >= 11 is 1.33. The van der Waals surface area contributed by atoms with Crippen molar-refractivity contribution < 1.29 is 0 Å². The van der Waals surface area contributed by atoms with Gasteiger partial charge in [-0.2, -0.15) is 15.0 Å². The summed E-state index contributed by atoms with van der Waals surface area (Å²) in [6, 6.07) is 0. The van der Waals surface area contributed by atoms with Gasteiger partial charge in [0.15, 0.2) is 5.16 Å². The second-order valence-electron chi connectivity index (χ2n) is 3.55. The number of nitrogens with one attached hydrogen (secondary N) is 2. The summed E-state index contributed by atoms with van der Waals surface area (Å²) in [6.07, 6.45) is 3.42. The minimum absolute atomic E-state index is 0.339. The molecule has 0 spiro atoms. The van der Waals surface area contributed by atoms with Crippen molar-refractivity contribution in [1.82, 2.24) is 24.9 Å². The van der Waals surface area contributed by atoms with Gasteiger partial charge in [-0.15, -0.1) is 0 Å². The highest BCUT2D eigenvalue weighted by atomic mass is 32.2. The summed E-state index contributed by atoms with van der Waals surface area (Å²) < 4.78 is 0. The van der Waals surface area contributed by atoms with Gasteiger partial charge in [-0.3, -0.25) is 5.43 Å². The Morgan fingerprint density at radius 3 is 2.68 bits per heavy atom. The summed E-state index contributed by atoms with van der Waals surface area (Å²) in [4.78, 5) is 22.0. The number of nitrogens with zero attached hydrogens (tertiary/aromatic N) is 5. The summed E-state index contributed by atoms with van der Waals surface area (Å²) in [5, 5.41) is 1.26. The Labute approximate surface area is 115 Å². The summed E-state index contributed by atoms with van der Waals surface area (Å²) in [5.74, 6) is 6.33. The van der Waals surface area contributed by atoms with Crippen molar-refractivity contribution in [3.63, 3.8) is 0 Å². The molecule has 2 aromatic heterocycles. The number of aromatic amines is 1. The first kappa shape index (κ1) is 13.6. The first-order valence-corrected chi connectivity index (χ1v) is 6.73. The molecule has 2 rings (SSSR count). The van der Waals surface area contributed by atoms with E-state index in [9.17, 15) is 0 Å². The Morgan fingerprint density at radius 2 is 2.11 bits per heavy atom. The molecule has 102 valence electrons. The maximum atomic E-state index is 5.39. The number of hydrogen-bond acceptors (Lipinski definition) is 8. The van der Waals surface area contributed by atoms with Gasteiger partial charge in [0.25, 0.3) is 0 Å². The zero-order valence-corrected chi connectivity index (χ0v) is 11.6. The minimum Gasteiger partial charge on any atom is -0.341 e. The molecule has 0 aromatic carbocycles. The molecular formula is C10H16N8S. The number of H-pyrrole nitrogens is 1. The molecule has 0 amide bonds. The van der Waals surface area contributed by atoms with E-state index in [-0.39, 0.29) is 0 Å². The third-order valence-corrected chi connectivity index (χ3v) is 3.22. The zero-order chi connectivity index (χ0) is 13.7. The van der Waals surface area contributed by atoms with E-state index in [0.717, 1.165) is 18.2 Å². The Hall–Kier alpha value is -1.87. The van der Waals surface area contributed by atoms with Crippen molar-refractivity contribution in [2.45, 2.75) is 24.2 Å². The van der Waals surface area contributed by atoms with Crippen LogP contribution in [0.3, 0.4) is 0 Å². The number of rotatable bonds is 6. The number of aromatic nitrogens is 5. The molecular weight excluding hydrogens is 264 g/mol. The Morgan fingerprint density at radius 1 is 1.32 bits per heavy atom. The molecule has 9 heteroatoms. The van der Waals surface area contributed by atoms with E-state index in [1.807, 2.05) is 18.7 Å². The van der Waals surface area contributed by atoms with Crippen LogP contribution in [0.5, 0.6) is 0 Å². The van der Waals surface area contributed by atoms with E-state index < -0.39 is 0 Å². The van der Waals surface area contributed by atoms with Gasteiger partial charge in [-0.1, -0.05) is 0 Å². The topological polar surface area (TPSA) is 109 Å². The maximum Gasteiger partial charge on any atom is 0.242 e. The molecule has 19 heavy (non-hydrogen) atoms. The predicted octanol–water partition coefficient (Wildman–Crippen LogP) is 0.878. The van der Waals surface area contributed by atoms with Crippen LogP contribution in [0, 0.1) is 0 Å². The van der Waals surface area contributed by atoms with Gasteiger partial charge in [-0.25, -0.2) is 10.8 Å². The summed E-state index contributed by atoms with van der Waals surface area (Å²) in [6.45, 7) is 5.72. The van der Waals surface area contributed by atoms with Gasteiger partial charge < -0.3 is 9.88 Å². The Balaban J connectivity index is 2.30. The fraction of sp³-hybridized carbons (Fsp3) is 0.400. The summed E-state index contributed by atoms with van der Waals surface area (Å²) in [7, 11) is 0. The van der Waals surface area contributed by atoms with E-state index in [4.69, 9.17) is 5.84 Å². The molecule has 0 unspecified atom stereocenters. The number of hydrogen-bond donors (Lipinski definition) is 3. The molecule has 0 saturated heterocycles. The second-order valence-corrected chi connectivity index (χ2v) is 4.51.